The third-order valence-electron chi connectivity index (χ3n) is 2.92. The first kappa shape index (κ1) is 8.93. The smallest absolute Gasteiger partial charge is 0.0335 e. The molecule has 1 heterocycles. The van der Waals surface area contributed by atoms with E-state index in [-0.39, 0.29) is 0 Å². The highest BCUT2D eigenvalue weighted by Gasteiger charge is 2.15. The average molecular weight is 212 g/mol. The van der Waals surface area contributed by atoms with Crippen molar-refractivity contribution < 1.29 is 0 Å². The lowest BCUT2D eigenvalue weighted by Gasteiger charge is -1.99. The van der Waals surface area contributed by atoms with Crippen LogP contribution in [0.25, 0.3) is 11.6 Å². The van der Waals surface area contributed by atoms with E-state index >= 15 is 0 Å². The average Bonchev–Trinajstić information content (AvgIpc) is 2.82. The predicted octanol–water partition coefficient (Wildman–Crippen LogP) is 4.15. The molecule has 0 saturated heterocycles. The third kappa shape index (κ3) is 1.44. The van der Waals surface area contributed by atoms with Crippen molar-refractivity contribution in [1.29, 1.82) is 0 Å². The molecular weight excluding hydrogens is 200 g/mol. The van der Waals surface area contributed by atoms with Crippen molar-refractivity contribution in [3.05, 3.63) is 57.3 Å². The van der Waals surface area contributed by atoms with Crippen LogP contribution in [0.2, 0.25) is 0 Å². The van der Waals surface area contributed by atoms with Crippen LogP contribution < -0.4 is 0 Å². The number of hydrogen-bond donors (Lipinski definition) is 0. The Hall–Kier alpha value is -1.34. The van der Waals surface area contributed by atoms with Crippen LogP contribution in [0.5, 0.6) is 0 Å². The number of aryl methyl sites for hydroxylation is 1. The lowest BCUT2D eigenvalue weighted by Crippen LogP contribution is -1.83. The molecule has 0 amide bonds. The van der Waals surface area contributed by atoms with E-state index in [1.165, 1.54) is 27.1 Å². The fraction of sp³-hybridized carbons (Fsp3) is 0.143. The molecule has 1 aromatic heterocycles. The highest BCUT2D eigenvalue weighted by Crippen LogP contribution is 2.35. The molecule has 15 heavy (non-hydrogen) atoms. The monoisotopic (exact) mass is 212 g/mol. The summed E-state index contributed by atoms with van der Waals surface area (Å²) in [6, 6.07) is 10.9. The second-order valence-corrected chi connectivity index (χ2v) is 4.89. The Labute approximate surface area is 93.9 Å². The predicted molar refractivity (Wildman–Crippen MR) is 67.1 cm³/mol. The number of benzene rings is 1. The van der Waals surface area contributed by atoms with Crippen LogP contribution in [0.3, 0.4) is 0 Å². The molecule has 0 spiro atoms. The van der Waals surface area contributed by atoms with Gasteiger partial charge in [0.05, 0.1) is 0 Å². The van der Waals surface area contributed by atoms with E-state index < -0.39 is 0 Å². The first-order chi connectivity index (χ1) is 7.34. The normalized spacial score (nSPS) is 13.8. The number of rotatable bonds is 1. The minimum absolute atomic E-state index is 1.09. The van der Waals surface area contributed by atoms with Gasteiger partial charge in [0, 0.05) is 4.88 Å². The first-order valence-electron chi connectivity index (χ1n) is 5.17. The minimum Gasteiger partial charge on any atom is -0.144 e. The SMILES string of the molecule is Cc1ccsc1C1=Cc2ccccc2C1. The summed E-state index contributed by atoms with van der Waals surface area (Å²) in [5, 5.41) is 2.18. The molecule has 0 unspecified atom stereocenters. The second-order valence-electron chi connectivity index (χ2n) is 3.98. The standard InChI is InChI=1S/C14H12S/c1-10-6-7-15-14(10)13-8-11-4-2-3-5-12(11)9-13/h2-8H,9H2,1H3. The molecule has 0 fully saturated rings. The maximum absolute atomic E-state index is 2.33. The Morgan fingerprint density at radius 3 is 2.73 bits per heavy atom. The number of hydrogen-bond acceptors (Lipinski definition) is 1. The van der Waals surface area contributed by atoms with Gasteiger partial charge in [-0.05, 0) is 53.1 Å². The lowest BCUT2D eigenvalue weighted by molar-refractivity contribution is 1.32. The van der Waals surface area contributed by atoms with E-state index in [0.717, 1.165) is 6.42 Å². The van der Waals surface area contributed by atoms with Crippen LogP contribution >= 0.6 is 11.3 Å². The van der Waals surface area contributed by atoms with Crippen LogP contribution in [0.4, 0.5) is 0 Å². The number of allylic oxidation sites excluding steroid dienone is 1. The maximum Gasteiger partial charge on any atom is 0.0335 e. The largest absolute Gasteiger partial charge is 0.144 e. The van der Waals surface area contributed by atoms with Crippen molar-refractivity contribution in [2.45, 2.75) is 13.3 Å². The van der Waals surface area contributed by atoms with Gasteiger partial charge >= 0.3 is 0 Å². The first-order valence-corrected chi connectivity index (χ1v) is 6.05. The Morgan fingerprint density at radius 2 is 2.00 bits per heavy atom. The van der Waals surface area contributed by atoms with Crippen LogP contribution in [-0.2, 0) is 6.42 Å². The molecule has 2 aromatic rings. The van der Waals surface area contributed by atoms with Crippen LogP contribution in [-0.4, -0.2) is 0 Å². The zero-order chi connectivity index (χ0) is 10.3. The molecule has 0 radical (unpaired) electrons. The van der Waals surface area contributed by atoms with E-state index in [2.05, 4.69) is 48.7 Å². The summed E-state index contributed by atoms with van der Waals surface area (Å²) in [5.41, 5.74) is 5.73. The molecule has 1 aliphatic carbocycles. The Morgan fingerprint density at radius 1 is 1.13 bits per heavy atom. The van der Waals surface area contributed by atoms with E-state index in [1.807, 2.05) is 11.3 Å². The molecule has 0 atom stereocenters. The van der Waals surface area contributed by atoms with Gasteiger partial charge in [-0.15, -0.1) is 11.3 Å². The topological polar surface area (TPSA) is 0 Å². The van der Waals surface area contributed by atoms with E-state index in [4.69, 9.17) is 0 Å². The summed E-state index contributed by atoms with van der Waals surface area (Å²) in [4.78, 5) is 1.45. The molecule has 74 valence electrons. The molecule has 1 heteroatoms. The summed E-state index contributed by atoms with van der Waals surface area (Å²) < 4.78 is 0. The molecular formula is C14H12S. The van der Waals surface area contributed by atoms with Crippen LogP contribution in [0.15, 0.2) is 35.7 Å². The van der Waals surface area contributed by atoms with Crippen molar-refractivity contribution in [3.8, 4) is 0 Å². The molecule has 1 aromatic carbocycles. The summed E-state index contributed by atoms with van der Waals surface area (Å²) in [6.07, 6.45) is 3.42. The Balaban J connectivity index is 2.05. The van der Waals surface area contributed by atoms with Crippen molar-refractivity contribution in [3.63, 3.8) is 0 Å². The Bertz CT molecular complexity index is 532. The van der Waals surface area contributed by atoms with Gasteiger partial charge in [-0.2, -0.15) is 0 Å². The minimum atomic E-state index is 1.09. The number of fused-ring (bicyclic) bond motifs is 1. The summed E-state index contributed by atoms with van der Waals surface area (Å²) in [7, 11) is 0. The van der Waals surface area contributed by atoms with Crippen molar-refractivity contribution in [1.82, 2.24) is 0 Å². The maximum atomic E-state index is 2.33. The highest BCUT2D eigenvalue weighted by atomic mass is 32.1. The van der Waals surface area contributed by atoms with Gasteiger partial charge in [0.2, 0.25) is 0 Å². The second kappa shape index (κ2) is 3.35. The van der Waals surface area contributed by atoms with Gasteiger partial charge in [-0.25, -0.2) is 0 Å². The molecule has 0 saturated carbocycles. The summed E-state index contributed by atoms with van der Waals surface area (Å²) in [6.45, 7) is 2.19. The fourth-order valence-corrected chi connectivity index (χ4v) is 3.07. The van der Waals surface area contributed by atoms with Crippen molar-refractivity contribution >= 4 is 23.0 Å². The zero-order valence-electron chi connectivity index (χ0n) is 8.66. The molecule has 1 aliphatic rings. The van der Waals surface area contributed by atoms with Crippen LogP contribution in [0.1, 0.15) is 21.6 Å². The molecule has 0 aliphatic heterocycles. The lowest BCUT2D eigenvalue weighted by atomic mass is 10.1. The van der Waals surface area contributed by atoms with Gasteiger partial charge in [-0.1, -0.05) is 24.3 Å². The fourth-order valence-electron chi connectivity index (χ4n) is 2.13. The molecule has 0 bridgehead atoms. The number of thiophene rings is 1. The Kier molecular flexibility index (Phi) is 2.00. The van der Waals surface area contributed by atoms with Gasteiger partial charge in [0.25, 0.3) is 0 Å². The summed E-state index contributed by atoms with van der Waals surface area (Å²) >= 11 is 1.85. The van der Waals surface area contributed by atoms with E-state index in [9.17, 15) is 0 Å². The van der Waals surface area contributed by atoms with Gasteiger partial charge in [-0.3, -0.25) is 0 Å². The van der Waals surface area contributed by atoms with Gasteiger partial charge < -0.3 is 0 Å². The quantitative estimate of drug-likeness (QED) is 0.666. The summed E-state index contributed by atoms with van der Waals surface area (Å²) in [5.74, 6) is 0. The highest BCUT2D eigenvalue weighted by molar-refractivity contribution is 7.11. The molecule has 3 rings (SSSR count). The third-order valence-corrected chi connectivity index (χ3v) is 4.01. The zero-order valence-corrected chi connectivity index (χ0v) is 9.47. The van der Waals surface area contributed by atoms with Crippen LogP contribution in [0, 0.1) is 6.92 Å². The van der Waals surface area contributed by atoms with Crippen molar-refractivity contribution in [2.75, 3.05) is 0 Å². The van der Waals surface area contributed by atoms with E-state index in [0.29, 0.717) is 0 Å². The molecule has 0 nitrogen and oxygen atoms in total. The van der Waals surface area contributed by atoms with Crippen molar-refractivity contribution in [2.24, 2.45) is 0 Å². The van der Waals surface area contributed by atoms with Gasteiger partial charge in [0.1, 0.15) is 0 Å². The van der Waals surface area contributed by atoms with E-state index in [1.54, 1.807) is 0 Å². The molecule has 0 N–H and O–H groups in total. The van der Waals surface area contributed by atoms with Gasteiger partial charge in [0.15, 0.2) is 0 Å².